The minimum atomic E-state index is 0.596. The van der Waals surface area contributed by atoms with Gasteiger partial charge in [-0.25, -0.2) is 0 Å². The smallest absolute Gasteiger partial charge is 0.124 e. The highest BCUT2D eigenvalue weighted by Crippen LogP contribution is 2.26. The molecule has 13 heavy (non-hydrogen) atoms. The molecule has 0 saturated carbocycles. The van der Waals surface area contributed by atoms with E-state index in [0.717, 1.165) is 23.4 Å². The van der Waals surface area contributed by atoms with Gasteiger partial charge in [-0.15, -0.1) is 0 Å². The summed E-state index contributed by atoms with van der Waals surface area (Å²) in [5.41, 5.74) is 7.82. The van der Waals surface area contributed by atoms with E-state index in [2.05, 4.69) is 13.8 Å². The molecule has 0 aliphatic carbocycles. The van der Waals surface area contributed by atoms with Crippen LogP contribution in [0.15, 0.2) is 18.2 Å². The van der Waals surface area contributed by atoms with Gasteiger partial charge in [0.2, 0.25) is 0 Å². The molecule has 0 fully saturated rings. The fraction of sp³-hybridized carbons (Fsp3) is 0.455. The van der Waals surface area contributed by atoms with E-state index in [4.69, 9.17) is 10.5 Å². The molecule has 2 N–H and O–H groups in total. The molecule has 0 aliphatic rings. The zero-order valence-corrected chi connectivity index (χ0v) is 8.50. The Bertz CT molecular complexity index is 281. The standard InChI is InChI=1S/C11H17NO/c1-8(2)7-9-10(12)5-4-6-11(9)13-3/h4-6,8H,7,12H2,1-3H3. The highest BCUT2D eigenvalue weighted by atomic mass is 16.5. The van der Waals surface area contributed by atoms with Gasteiger partial charge in [-0.3, -0.25) is 0 Å². The van der Waals surface area contributed by atoms with Crippen molar-refractivity contribution < 1.29 is 4.74 Å². The van der Waals surface area contributed by atoms with Crippen LogP contribution >= 0.6 is 0 Å². The molecule has 0 spiro atoms. The zero-order valence-electron chi connectivity index (χ0n) is 8.50. The van der Waals surface area contributed by atoms with Gasteiger partial charge >= 0.3 is 0 Å². The average Bonchev–Trinajstić information content (AvgIpc) is 2.08. The Morgan fingerprint density at radius 3 is 2.62 bits per heavy atom. The second kappa shape index (κ2) is 4.17. The number of hydrogen-bond donors (Lipinski definition) is 1. The van der Waals surface area contributed by atoms with E-state index >= 15 is 0 Å². The molecular weight excluding hydrogens is 162 g/mol. The van der Waals surface area contributed by atoms with E-state index in [-0.39, 0.29) is 0 Å². The van der Waals surface area contributed by atoms with Crippen LogP contribution in [0.3, 0.4) is 0 Å². The van der Waals surface area contributed by atoms with Gasteiger partial charge in [-0.05, 0) is 24.5 Å². The lowest BCUT2D eigenvalue weighted by atomic mass is 10.0. The van der Waals surface area contributed by atoms with Crippen LogP contribution in [0, 0.1) is 5.92 Å². The molecule has 0 saturated heterocycles. The van der Waals surface area contributed by atoms with Gasteiger partial charge in [0.15, 0.2) is 0 Å². The summed E-state index contributed by atoms with van der Waals surface area (Å²) in [4.78, 5) is 0. The largest absolute Gasteiger partial charge is 0.496 e. The number of nitrogen functional groups attached to an aromatic ring is 1. The molecule has 0 bridgehead atoms. The van der Waals surface area contributed by atoms with Crippen LogP contribution in [-0.2, 0) is 6.42 Å². The van der Waals surface area contributed by atoms with Crippen LogP contribution in [0.2, 0.25) is 0 Å². The Balaban J connectivity index is 3.00. The van der Waals surface area contributed by atoms with E-state index in [9.17, 15) is 0 Å². The summed E-state index contributed by atoms with van der Waals surface area (Å²) in [5, 5.41) is 0. The van der Waals surface area contributed by atoms with Gasteiger partial charge < -0.3 is 10.5 Å². The van der Waals surface area contributed by atoms with Gasteiger partial charge in [-0.2, -0.15) is 0 Å². The molecule has 1 aromatic carbocycles. The fourth-order valence-corrected chi connectivity index (χ4v) is 1.40. The minimum absolute atomic E-state index is 0.596. The van der Waals surface area contributed by atoms with Crippen molar-refractivity contribution in [2.24, 2.45) is 5.92 Å². The summed E-state index contributed by atoms with van der Waals surface area (Å²) in [5.74, 6) is 1.49. The maximum Gasteiger partial charge on any atom is 0.124 e. The SMILES string of the molecule is COc1cccc(N)c1CC(C)C. The second-order valence-electron chi connectivity index (χ2n) is 3.63. The normalized spacial score (nSPS) is 10.5. The number of ether oxygens (including phenoxy) is 1. The molecule has 0 atom stereocenters. The summed E-state index contributed by atoms with van der Waals surface area (Å²) in [7, 11) is 1.68. The van der Waals surface area contributed by atoms with Crippen molar-refractivity contribution in [2.75, 3.05) is 12.8 Å². The Labute approximate surface area is 79.7 Å². The number of rotatable bonds is 3. The summed E-state index contributed by atoms with van der Waals surface area (Å²) < 4.78 is 5.25. The van der Waals surface area contributed by atoms with Crippen LogP contribution in [0.1, 0.15) is 19.4 Å². The number of nitrogens with two attached hydrogens (primary N) is 1. The molecule has 0 heterocycles. The Morgan fingerprint density at radius 1 is 1.38 bits per heavy atom. The first-order valence-electron chi connectivity index (χ1n) is 4.56. The van der Waals surface area contributed by atoms with Crippen molar-refractivity contribution in [3.05, 3.63) is 23.8 Å². The summed E-state index contributed by atoms with van der Waals surface area (Å²) in [6.07, 6.45) is 0.968. The van der Waals surface area contributed by atoms with Crippen LogP contribution in [0.5, 0.6) is 5.75 Å². The van der Waals surface area contributed by atoms with Crippen molar-refractivity contribution in [2.45, 2.75) is 20.3 Å². The number of hydrogen-bond acceptors (Lipinski definition) is 2. The highest BCUT2D eigenvalue weighted by molar-refractivity contribution is 5.54. The first kappa shape index (κ1) is 9.90. The molecule has 72 valence electrons. The molecular formula is C11H17NO. The molecule has 1 aromatic rings. The molecule has 1 rings (SSSR count). The van der Waals surface area contributed by atoms with Crippen LogP contribution in [-0.4, -0.2) is 7.11 Å². The monoisotopic (exact) mass is 179 g/mol. The molecule has 0 unspecified atom stereocenters. The van der Waals surface area contributed by atoms with Gasteiger partial charge in [0, 0.05) is 11.3 Å². The van der Waals surface area contributed by atoms with E-state index in [1.807, 2.05) is 18.2 Å². The molecule has 0 aromatic heterocycles. The van der Waals surface area contributed by atoms with Gasteiger partial charge in [0.05, 0.1) is 7.11 Å². The maximum atomic E-state index is 5.87. The Morgan fingerprint density at radius 2 is 2.08 bits per heavy atom. The third-order valence-electron chi connectivity index (χ3n) is 2.00. The lowest BCUT2D eigenvalue weighted by Crippen LogP contribution is -2.02. The van der Waals surface area contributed by atoms with Crippen molar-refractivity contribution in [3.63, 3.8) is 0 Å². The number of methoxy groups -OCH3 is 1. The van der Waals surface area contributed by atoms with Crippen molar-refractivity contribution in [1.29, 1.82) is 0 Å². The van der Waals surface area contributed by atoms with E-state index in [1.54, 1.807) is 7.11 Å². The fourth-order valence-electron chi connectivity index (χ4n) is 1.40. The van der Waals surface area contributed by atoms with Crippen LogP contribution in [0.25, 0.3) is 0 Å². The minimum Gasteiger partial charge on any atom is -0.496 e. The number of benzene rings is 1. The predicted octanol–water partition coefficient (Wildman–Crippen LogP) is 2.48. The molecule has 0 aliphatic heterocycles. The van der Waals surface area contributed by atoms with Gasteiger partial charge in [0.1, 0.15) is 5.75 Å². The first-order chi connectivity index (χ1) is 6.15. The molecule has 0 radical (unpaired) electrons. The molecule has 0 amide bonds. The topological polar surface area (TPSA) is 35.2 Å². The van der Waals surface area contributed by atoms with Gasteiger partial charge in [0.25, 0.3) is 0 Å². The summed E-state index contributed by atoms with van der Waals surface area (Å²) in [6, 6.07) is 5.78. The average molecular weight is 179 g/mol. The zero-order chi connectivity index (χ0) is 9.84. The van der Waals surface area contributed by atoms with Crippen LogP contribution < -0.4 is 10.5 Å². The second-order valence-corrected chi connectivity index (χ2v) is 3.63. The summed E-state index contributed by atoms with van der Waals surface area (Å²) in [6.45, 7) is 4.34. The summed E-state index contributed by atoms with van der Waals surface area (Å²) >= 11 is 0. The lowest BCUT2D eigenvalue weighted by molar-refractivity contribution is 0.407. The Hall–Kier alpha value is -1.18. The predicted molar refractivity (Wildman–Crippen MR) is 55.9 cm³/mol. The van der Waals surface area contributed by atoms with E-state index < -0.39 is 0 Å². The van der Waals surface area contributed by atoms with Crippen molar-refractivity contribution in [3.8, 4) is 5.75 Å². The highest BCUT2D eigenvalue weighted by Gasteiger charge is 2.07. The number of anilines is 1. The Kier molecular flexibility index (Phi) is 3.18. The van der Waals surface area contributed by atoms with Gasteiger partial charge in [-0.1, -0.05) is 19.9 Å². The van der Waals surface area contributed by atoms with E-state index in [0.29, 0.717) is 5.92 Å². The maximum absolute atomic E-state index is 5.87. The van der Waals surface area contributed by atoms with Crippen molar-refractivity contribution >= 4 is 5.69 Å². The molecule has 2 nitrogen and oxygen atoms in total. The van der Waals surface area contributed by atoms with Crippen molar-refractivity contribution in [1.82, 2.24) is 0 Å². The molecule has 2 heteroatoms. The van der Waals surface area contributed by atoms with Crippen LogP contribution in [0.4, 0.5) is 5.69 Å². The third-order valence-corrected chi connectivity index (χ3v) is 2.00. The van der Waals surface area contributed by atoms with E-state index in [1.165, 1.54) is 0 Å². The quantitative estimate of drug-likeness (QED) is 0.723. The lowest BCUT2D eigenvalue weighted by Gasteiger charge is -2.12. The third kappa shape index (κ3) is 2.38. The first-order valence-corrected chi connectivity index (χ1v) is 4.56.